The maximum absolute atomic E-state index is 14.6. The number of aliphatic hydroxyl groups is 3. The lowest BCUT2D eigenvalue weighted by Gasteiger charge is -2.52. The number of ether oxygens (including phenoxy) is 5. The number of fused-ring (bicyclic) bond motifs is 5. The van der Waals surface area contributed by atoms with Gasteiger partial charge in [-0.2, -0.15) is 0 Å². The number of hydrogen-bond acceptors (Lipinski definition) is 16. The van der Waals surface area contributed by atoms with Crippen molar-refractivity contribution in [3.63, 3.8) is 0 Å². The molecule has 50 heavy (non-hydrogen) atoms. The predicted octanol–water partition coefficient (Wildman–Crippen LogP) is -0.250. The summed E-state index contributed by atoms with van der Waals surface area (Å²) in [5.74, 6) is -7.67. The van der Waals surface area contributed by atoms with E-state index in [1.807, 2.05) is 0 Å². The van der Waals surface area contributed by atoms with E-state index < -0.39 is 128 Å². The van der Waals surface area contributed by atoms with E-state index in [9.17, 15) is 49.5 Å². The SMILES string of the molecule is COC(=O)c1c(C)cc2c(c1O)C1(O)C(=O)c3cc4c(c(O)c3C(=O)C1(OC)[C@@H](O)C2)C(=O)C=C(N[C@H]1O[C@@H](C)[C@H](OC)[C@@H](O)[C@H]1OC)C4=O. The van der Waals surface area contributed by atoms with Gasteiger partial charge in [-0.05, 0) is 31.0 Å². The number of rotatable bonds is 6. The van der Waals surface area contributed by atoms with Crippen LogP contribution in [0.1, 0.15) is 75.4 Å². The van der Waals surface area contributed by atoms with E-state index in [0.29, 0.717) is 0 Å². The van der Waals surface area contributed by atoms with Gasteiger partial charge in [-0.25, -0.2) is 4.79 Å². The van der Waals surface area contributed by atoms with Gasteiger partial charge in [0.05, 0.1) is 36.1 Å². The molecular formula is C34H35NO15. The zero-order valence-electron chi connectivity index (χ0n) is 27.7. The standard InChI is InChI=1S/C34H35NO15/c1-11-7-13-8-18(37)34(49-6)30(43)21-15(29(42)33(34,45)22(13)25(40)19(11)32(44)48-5)9-14-20(24(21)39)17(36)10-16(23(14)38)35-31-28(47-4)26(41)27(46-3)12(2)50-31/h7,9-10,12,18,26-28,31,35,37,39-41,45H,8H2,1-6H3/t12-,18-,26+,27-,28+,31-,33?,34?/m0/s1. The average Bonchev–Trinajstić information content (AvgIpc) is 3.05. The quantitative estimate of drug-likeness (QED) is 0.213. The van der Waals surface area contributed by atoms with Gasteiger partial charge in [0.25, 0.3) is 0 Å². The lowest BCUT2D eigenvalue weighted by molar-refractivity contribution is -0.236. The molecule has 4 aliphatic rings. The van der Waals surface area contributed by atoms with Gasteiger partial charge in [-0.1, -0.05) is 6.07 Å². The molecule has 0 amide bonds. The molecule has 1 aliphatic heterocycles. The summed E-state index contributed by atoms with van der Waals surface area (Å²) in [7, 11) is 4.62. The van der Waals surface area contributed by atoms with Crippen molar-refractivity contribution in [2.45, 2.75) is 68.2 Å². The van der Waals surface area contributed by atoms with E-state index in [4.69, 9.17) is 23.7 Å². The number of aromatic hydroxyl groups is 2. The van der Waals surface area contributed by atoms with Crippen molar-refractivity contribution >= 4 is 29.1 Å². The molecule has 0 bridgehead atoms. The van der Waals surface area contributed by atoms with Crippen LogP contribution in [0.15, 0.2) is 23.9 Å². The average molecular weight is 698 g/mol. The molecule has 3 aliphatic carbocycles. The summed E-state index contributed by atoms with van der Waals surface area (Å²) in [6.45, 7) is 3.06. The van der Waals surface area contributed by atoms with Gasteiger partial charge in [0.15, 0.2) is 23.2 Å². The summed E-state index contributed by atoms with van der Waals surface area (Å²) in [6.07, 6.45) is -6.55. The number of ketones is 4. The Bertz CT molecular complexity index is 1920. The molecule has 0 saturated carbocycles. The normalized spacial score (nSPS) is 31.7. The Morgan fingerprint density at radius 1 is 0.940 bits per heavy atom. The number of Topliss-reactive ketones (excluding diaryl/α,β-unsaturated/α-hetero) is 3. The lowest BCUT2D eigenvalue weighted by atomic mass is 9.56. The van der Waals surface area contributed by atoms with Crippen LogP contribution < -0.4 is 5.32 Å². The Labute approximate surface area is 284 Å². The van der Waals surface area contributed by atoms with Crippen molar-refractivity contribution in [3.8, 4) is 11.5 Å². The van der Waals surface area contributed by atoms with Gasteiger partial charge >= 0.3 is 5.97 Å². The first kappa shape index (κ1) is 35.3. The summed E-state index contributed by atoms with van der Waals surface area (Å²) in [6, 6.07) is 2.18. The molecule has 0 radical (unpaired) electrons. The van der Waals surface area contributed by atoms with Crippen molar-refractivity contribution in [2.24, 2.45) is 0 Å². The third-order valence-corrected chi connectivity index (χ3v) is 10.2. The van der Waals surface area contributed by atoms with Gasteiger partial charge in [-0.15, -0.1) is 0 Å². The highest BCUT2D eigenvalue weighted by atomic mass is 16.6. The molecule has 2 unspecified atom stereocenters. The Kier molecular flexibility index (Phi) is 8.50. The minimum atomic E-state index is -3.23. The van der Waals surface area contributed by atoms with E-state index >= 15 is 0 Å². The second kappa shape index (κ2) is 12.1. The van der Waals surface area contributed by atoms with Crippen molar-refractivity contribution in [3.05, 3.63) is 68.4 Å². The third-order valence-electron chi connectivity index (χ3n) is 10.2. The minimum absolute atomic E-state index is 0.00455. The Morgan fingerprint density at radius 2 is 1.60 bits per heavy atom. The molecule has 1 fully saturated rings. The maximum Gasteiger partial charge on any atom is 0.341 e. The van der Waals surface area contributed by atoms with Crippen LogP contribution in [0.5, 0.6) is 11.5 Å². The number of carbonyl (C=O) groups is 5. The number of methoxy groups -OCH3 is 4. The fraction of sp³-hybridized carbons (Fsp3) is 0.441. The van der Waals surface area contributed by atoms with Crippen LogP contribution in [0.4, 0.5) is 0 Å². The zero-order chi connectivity index (χ0) is 36.8. The van der Waals surface area contributed by atoms with Gasteiger partial charge in [0.1, 0.15) is 35.4 Å². The van der Waals surface area contributed by atoms with Crippen LogP contribution in [0, 0.1) is 6.92 Å². The molecule has 16 nitrogen and oxygen atoms in total. The molecule has 2 aromatic rings. The fourth-order valence-corrected chi connectivity index (χ4v) is 7.85. The van der Waals surface area contributed by atoms with E-state index in [-0.39, 0.29) is 16.8 Å². The molecule has 0 aromatic heterocycles. The van der Waals surface area contributed by atoms with Crippen molar-refractivity contribution in [1.82, 2.24) is 5.32 Å². The van der Waals surface area contributed by atoms with Crippen LogP contribution in [0.3, 0.4) is 0 Å². The monoisotopic (exact) mass is 697 g/mol. The summed E-state index contributed by atoms with van der Waals surface area (Å²) >= 11 is 0. The summed E-state index contributed by atoms with van der Waals surface area (Å²) in [5, 5.41) is 60.3. The number of phenolic OH excluding ortho intramolecular Hbond substituents is 2. The van der Waals surface area contributed by atoms with E-state index in [0.717, 1.165) is 26.4 Å². The number of aliphatic hydroxyl groups excluding tert-OH is 2. The summed E-state index contributed by atoms with van der Waals surface area (Å²) in [4.78, 5) is 69.1. The van der Waals surface area contributed by atoms with E-state index in [2.05, 4.69) is 5.32 Å². The number of hydrogen-bond donors (Lipinski definition) is 6. The fourth-order valence-electron chi connectivity index (χ4n) is 7.85. The molecule has 0 spiro atoms. The molecule has 266 valence electrons. The van der Waals surface area contributed by atoms with Crippen LogP contribution >= 0.6 is 0 Å². The highest BCUT2D eigenvalue weighted by molar-refractivity contribution is 6.31. The van der Waals surface area contributed by atoms with Crippen LogP contribution in [-0.2, 0) is 35.7 Å². The first-order chi connectivity index (χ1) is 23.6. The van der Waals surface area contributed by atoms with Crippen LogP contribution in [-0.4, -0.2) is 125 Å². The minimum Gasteiger partial charge on any atom is -0.507 e. The predicted molar refractivity (Wildman–Crippen MR) is 166 cm³/mol. The molecule has 8 atom stereocenters. The summed E-state index contributed by atoms with van der Waals surface area (Å²) in [5.41, 5.74) is -10.1. The van der Waals surface area contributed by atoms with Crippen molar-refractivity contribution in [2.75, 3.05) is 28.4 Å². The molecule has 2 aromatic carbocycles. The van der Waals surface area contributed by atoms with Crippen molar-refractivity contribution in [1.29, 1.82) is 0 Å². The Hall–Kier alpha value is -4.55. The Morgan fingerprint density at radius 3 is 2.20 bits per heavy atom. The highest BCUT2D eigenvalue weighted by Crippen LogP contribution is 2.56. The molecular weight excluding hydrogens is 662 g/mol. The number of esters is 1. The van der Waals surface area contributed by atoms with Crippen LogP contribution in [0.2, 0.25) is 0 Å². The Balaban J connectivity index is 1.51. The first-order valence-corrected chi connectivity index (χ1v) is 15.4. The second-order valence-electron chi connectivity index (χ2n) is 12.6. The molecule has 1 heterocycles. The smallest absolute Gasteiger partial charge is 0.341 e. The number of nitrogens with one attached hydrogen (secondary N) is 1. The first-order valence-electron chi connectivity index (χ1n) is 15.4. The number of carbonyl (C=O) groups excluding carboxylic acids is 5. The molecule has 16 heteroatoms. The van der Waals surface area contributed by atoms with Gasteiger partial charge in [-0.3, -0.25) is 19.2 Å². The highest BCUT2D eigenvalue weighted by Gasteiger charge is 2.72. The maximum atomic E-state index is 14.6. The summed E-state index contributed by atoms with van der Waals surface area (Å²) < 4.78 is 26.8. The number of allylic oxidation sites excluding steroid dienone is 2. The van der Waals surface area contributed by atoms with Gasteiger partial charge in [0.2, 0.25) is 17.3 Å². The van der Waals surface area contributed by atoms with Crippen LogP contribution in [0.25, 0.3) is 0 Å². The van der Waals surface area contributed by atoms with Gasteiger partial charge < -0.3 is 54.5 Å². The zero-order valence-corrected chi connectivity index (χ0v) is 27.7. The molecule has 6 rings (SSSR count). The number of aryl methyl sites for hydroxylation is 1. The lowest BCUT2D eigenvalue weighted by Crippen LogP contribution is -2.73. The largest absolute Gasteiger partial charge is 0.507 e. The van der Waals surface area contributed by atoms with E-state index in [1.165, 1.54) is 27.2 Å². The number of benzene rings is 2. The van der Waals surface area contributed by atoms with Crippen molar-refractivity contribution < 1.29 is 73.2 Å². The van der Waals surface area contributed by atoms with Gasteiger partial charge in [0, 0.05) is 50.5 Å². The molecule has 1 saturated heterocycles. The van der Waals surface area contributed by atoms with E-state index in [1.54, 1.807) is 6.92 Å². The number of phenols is 2. The third kappa shape index (κ3) is 4.40. The molecule has 6 N–H and O–H groups in total. The second-order valence-corrected chi connectivity index (χ2v) is 12.6. The topological polar surface area (TPSA) is 245 Å².